The first-order valence-corrected chi connectivity index (χ1v) is 9.63. The molecule has 1 aromatic carbocycles. The molecule has 0 saturated heterocycles. The van der Waals surface area contributed by atoms with Crippen LogP contribution in [-0.2, 0) is 23.0 Å². The van der Waals surface area contributed by atoms with Crippen LogP contribution in [0.25, 0.3) is 10.9 Å². The normalized spacial score (nSPS) is 15.9. The molecule has 0 spiro atoms. The third-order valence-corrected chi connectivity index (χ3v) is 7.59. The van der Waals surface area contributed by atoms with Gasteiger partial charge in [0.1, 0.15) is 10.0 Å². The molecule has 3 heterocycles. The fourth-order valence-corrected chi connectivity index (χ4v) is 6.00. The second-order valence-corrected chi connectivity index (χ2v) is 9.30. The van der Waals surface area contributed by atoms with Crippen molar-refractivity contribution in [1.29, 1.82) is 0 Å². The van der Waals surface area contributed by atoms with Gasteiger partial charge < -0.3 is 4.98 Å². The molecule has 23 heavy (non-hydrogen) atoms. The summed E-state index contributed by atoms with van der Waals surface area (Å²) in [6, 6.07) is 7.68. The molecule has 8 heteroatoms. The van der Waals surface area contributed by atoms with Crippen molar-refractivity contribution in [2.45, 2.75) is 17.2 Å². The topological polar surface area (TPSA) is 53.2 Å². The van der Waals surface area contributed by atoms with Gasteiger partial charge in [0.2, 0.25) is 0 Å². The average Bonchev–Trinajstić information content (AvgIpc) is 3.10. The Bertz CT molecular complexity index is 1010. The van der Waals surface area contributed by atoms with E-state index in [-0.39, 0.29) is 16.6 Å². The molecule has 3 aromatic rings. The Morgan fingerprint density at radius 1 is 1.26 bits per heavy atom. The van der Waals surface area contributed by atoms with Crippen LogP contribution in [0.4, 0.5) is 4.39 Å². The zero-order chi connectivity index (χ0) is 16.2. The van der Waals surface area contributed by atoms with Crippen molar-refractivity contribution in [1.82, 2.24) is 9.29 Å². The number of hydrogen-bond acceptors (Lipinski definition) is 3. The number of benzene rings is 1. The van der Waals surface area contributed by atoms with Gasteiger partial charge in [-0.1, -0.05) is 11.6 Å². The van der Waals surface area contributed by atoms with E-state index in [4.69, 9.17) is 11.6 Å². The highest BCUT2D eigenvalue weighted by atomic mass is 35.5. The molecule has 0 aliphatic carbocycles. The predicted molar refractivity (Wildman–Crippen MR) is 88.9 cm³/mol. The van der Waals surface area contributed by atoms with E-state index < -0.39 is 10.0 Å². The highest BCUT2D eigenvalue weighted by Crippen LogP contribution is 2.33. The van der Waals surface area contributed by atoms with Crippen molar-refractivity contribution in [3.05, 3.63) is 51.7 Å². The van der Waals surface area contributed by atoms with E-state index in [1.807, 2.05) is 0 Å². The first-order valence-electron chi connectivity index (χ1n) is 6.99. The number of thiophene rings is 1. The Morgan fingerprint density at radius 2 is 2.09 bits per heavy atom. The summed E-state index contributed by atoms with van der Waals surface area (Å²) in [6.07, 6.45) is 0.553. The quantitative estimate of drug-likeness (QED) is 0.746. The van der Waals surface area contributed by atoms with Gasteiger partial charge in [-0.2, -0.15) is 4.31 Å². The van der Waals surface area contributed by atoms with E-state index >= 15 is 0 Å². The second-order valence-electron chi connectivity index (χ2n) is 5.42. The lowest BCUT2D eigenvalue weighted by Gasteiger charge is -2.25. The largest absolute Gasteiger partial charge is 0.357 e. The standard InChI is InChI=1S/C15H12ClFN2O2S2/c16-14-3-4-15(22-14)23(20,21)19-6-5-10-11-7-9(17)1-2-12(11)18-13(10)8-19/h1-4,7,18H,5-6,8H2. The highest BCUT2D eigenvalue weighted by Gasteiger charge is 2.31. The van der Waals surface area contributed by atoms with Gasteiger partial charge in [-0.3, -0.25) is 0 Å². The third kappa shape index (κ3) is 2.48. The number of aromatic nitrogens is 1. The predicted octanol–water partition coefficient (Wildman–Crippen LogP) is 3.77. The van der Waals surface area contributed by atoms with Crippen LogP contribution in [0, 0.1) is 5.82 Å². The van der Waals surface area contributed by atoms with Gasteiger partial charge in [0.05, 0.1) is 10.9 Å². The van der Waals surface area contributed by atoms with Crippen molar-refractivity contribution < 1.29 is 12.8 Å². The lowest BCUT2D eigenvalue weighted by molar-refractivity contribution is 0.389. The van der Waals surface area contributed by atoms with Gasteiger partial charge >= 0.3 is 0 Å². The Kier molecular flexibility index (Phi) is 3.49. The van der Waals surface area contributed by atoms with E-state index in [1.165, 1.54) is 22.5 Å². The lowest BCUT2D eigenvalue weighted by atomic mass is 10.0. The van der Waals surface area contributed by atoms with Crippen LogP contribution in [0.5, 0.6) is 0 Å². The van der Waals surface area contributed by atoms with Gasteiger partial charge in [0.25, 0.3) is 10.0 Å². The van der Waals surface area contributed by atoms with Crippen LogP contribution in [0.2, 0.25) is 4.34 Å². The fraction of sp³-hybridized carbons (Fsp3) is 0.200. The summed E-state index contributed by atoms with van der Waals surface area (Å²) in [5.41, 5.74) is 2.65. The Morgan fingerprint density at radius 3 is 2.83 bits per heavy atom. The number of aromatic amines is 1. The van der Waals surface area contributed by atoms with Crippen molar-refractivity contribution in [3.8, 4) is 0 Å². The summed E-state index contributed by atoms with van der Waals surface area (Å²) in [5, 5.41) is 0.830. The fourth-order valence-electron chi connectivity index (χ4n) is 2.96. The Labute approximate surface area is 141 Å². The molecule has 0 fully saturated rings. The molecule has 120 valence electrons. The number of sulfonamides is 1. The van der Waals surface area contributed by atoms with Crippen LogP contribution in [0.15, 0.2) is 34.5 Å². The van der Waals surface area contributed by atoms with Crippen LogP contribution in [0.1, 0.15) is 11.3 Å². The molecule has 4 rings (SSSR count). The van der Waals surface area contributed by atoms with Gasteiger partial charge in [0, 0.05) is 23.1 Å². The number of fused-ring (bicyclic) bond motifs is 3. The van der Waals surface area contributed by atoms with Gasteiger partial charge in [-0.05, 0) is 42.3 Å². The lowest BCUT2D eigenvalue weighted by Crippen LogP contribution is -2.35. The molecule has 1 aliphatic rings. The molecule has 2 aromatic heterocycles. The van der Waals surface area contributed by atoms with Crippen LogP contribution >= 0.6 is 22.9 Å². The molecular weight excluding hydrogens is 359 g/mol. The smallest absolute Gasteiger partial charge is 0.252 e. The summed E-state index contributed by atoms with van der Waals surface area (Å²) >= 11 is 6.90. The van der Waals surface area contributed by atoms with E-state index in [0.29, 0.717) is 17.3 Å². The van der Waals surface area contributed by atoms with E-state index in [1.54, 1.807) is 12.1 Å². The molecule has 1 N–H and O–H groups in total. The number of nitrogens with zero attached hydrogens (tertiary/aromatic N) is 1. The van der Waals surface area contributed by atoms with Gasteiger partial charge in [-0.15, -0.1) is 11.3 Å². The van der Waals surface area contributed by atoms with Crippen molar-refractivity contribution in [3.63, 3.8) is 0 Å². The molecule has 1 aliphatic heterocycles. The minimum Gasteiger partial charge on any atom is -0.357 e. The molecule has 0 amide bonds. The summed E-state index contributed by atoms with van der Waals surface area (Å²) in [6.45, 7) is 0.623. The summed E-state index contributed by atoms with van der Waals surface area (Å²) in [5.74, 6) is -0.289. The molecule has 0 radical (unpaired) electrons. The molecule has 0 saturated carbocycles. The van der Waals surface area contributed by atoms with Crippen molar-refractivity contribution in [2.75, 3.05) is 6.54 Å². The first-order chi connectivity index (χ1) is 10.9. The molecular formula is C15H12ClFN2O2S2. The van der Waals surface area contributed by atoms with Crippen molar-refractivity contribution in [2.24, 2.45) is 0 Å². The number of H-pyrrole nitrogens is 1. The van der Waals surface area contributed by atoms with Gasteiger partial charge in [-0.25, -0.2) is 12.8 Å². The maximum absolute atomic E-state index is 13.4. The zero-order valence-electron chi connectivity index (χ0n) is 11.8. The zero-order valence-corrected chi connectivity index (χ0v) is 14.2. The Hall–Kier alpha value is -1.41. The SMILES string of the molecule is O=S(=O)(c1ccc(Cl)s1)N1CCc2c([nH]c3ccc(F)cc23)C1. The third-order valence-electron chi connectivity index (χ3n) is 4.04. The minimum absolute atomic E-state index is 0.244. The molecule has 0 unspecified atom stereocenters. The second kappa shape index (κ2) is 5.31. The molecule has 0 atom stereocenters. The number of halogens is 2. The van der Waals surface area contributed by atoms with Crippen LogP contribution in [0.3, 0.4) is 0 Å². The van der Waals surface area contributed by atoms with E-state index in [9.17, 15) is 12.8 Å². The highest BCUT2D eigenvalue weighted by molar-refractivity contribution is 7.91. The molecule has 4 nitrogen and oxygen atoms in total. The monoisotopic (exact) mass is 370 g/mol. The average molecular weight is 371 g/mol. The van der Waals surface area contributed by atoms with E-state index in [2.05, 4.69) is 4.98 Å². The summed E-state index contributed by atoms with van der Waals surface area (Å²) < 4.78 is 40.9. The number of hydrogen-bond donors (Lipinski definition) is 1. The first kappa shape index (κ1) is 15.1. The Balaban J connectivity index is 1.73. The van der Waals surface area contributed by atoms with Crippen LogP contribution < -0.4 is 0 Å². The van der Waals surface area contributed by atoms with Crippen molar-refractivity contribution >= 4 is 43.9 Å². The number of nitrogens with one attached hydrogen (secondary N) is 1. The number of rotatable bonds is 2. The maximum atomic E-state index is 13.4. The van der Waals surface area contributed by atoms with Gasteiger partial charge in [0.15, 0.2) is 0 Å². The molecule has 0 bridgehead atoms. The van der Waals surface area contributed by atoms with Crippen LogP contribution in [-0.4, -0.2) is 24.3 Å². The summed E-state index contributed by atoms with van der Waals surface area (Å²) in [4.78, 5) is 3.21. The minimum atomic E-state index is -3.56. The maximum Gasteiger partial charge on any atom is 0.252 e. The summed E-state index contributed by atoms with van der Waals surface area (Å²) in [7, 11) is -3.56. The van der Waals surface area contributed by atoms with E-state index in [0.717, 1.165) is 33.5 Å².